The van der Waals surface area contributed by atoms with Gasteiger partial charge in [0, 0.05) is 25.5 Å². The fourth-order valence-electron chi connectivity index (χ4n) is 1.95. The predicted molar refractivity (Wildman–Crippen MR) is 72.3 cm³/mol. The average molecular weight is 259 g/mol. The Morgan fingerprint density at radius 2 is 2.05 bits per heavy atom. The molecule has 1 aliphatic rings. The molecule has 1 unspecified atom stereocenters. The standard InChI is InChI=1S/C12H17N7/c1-8(9-3-4-9)15-11-16-10(13-2)17-12(18-11)19-6-5-14-7-19/h5-9H,3-4H2,1-2H3,(H2,13,15,16,17,18). The van der Waals surface area contributed by atoms with Crippen molar-refractivity contribution < 1.29 is 0 Å². The Hall–Kier alpha value is -2.18. The molecule has 7 heteroatoms. The Morgan fingerprint density at radius 3 is 2.68 bits per heavy atom. The van der Waals surface area contributed by atoms with Gasteiger partial charge >= 0.3 is 0 Å². The van der Waals surface area contributed by atoms with Crippen molar-refractivity contribution in [1.29, 1.82) is 0 Å². The Kier molecular flexibility index (Phi) is 3.02. The molecular formula is C12H17N7. The summed E-state index contributed by atoms with van der Waals surface area (Å²) >= 11 is 0. The van der Waals surface area contributed by atoms with Gasteiger partial charge < -0.3 is 10.6 Å². The van der Waals surface area contributed by atoms with Gasteiger partial charge in [0.05, 0.1) is 0 Å². The zero-order valence-corrected chi connectivity index (χ0v) is 11.0. The highest BCUT2D eigenvalue weighted by Crippen LogP contribution is 2.33. The number of aromatic nitrogens is 5. The van der Waals surface area contributed by atoms with Crippen LogP contribution < -0.4 is 10.6 Å². The van der Waals surface area contributed by atoms with E-state index in [1.165, 1.54) is 12.8 Å². The van der Waals surface area contributed by atoms with Gasteiger partial charge in [0.15, 0.2) is 0 Å². The van der Waals surface area contributed by atoms with Gasteiger partial charge in [-0.2, -0.15) is 15.0 Å². The summed E-state index contributed by atoms with van der Waals surface area (Å²) in [5, 5.41) is 6.30. The van der Waals surface area contributed by atoms with E-state index in [2.05, 4.69) is 37.5 Å². The topological polar surface area (TPSA) is 80.5 Å². The lowest BCUT2D eigenvalue weighted by Gasteiger charge is -2.14. The minimum Gasteiger partial charge on any atom is -0.357 e. The van der Waals surface area contributed by atoms with Crippen LogP contribution in [-0.2, 0) is 0 Å². The smallest absolute Gasteiger partial charge is 0.241 e. The van der Waals surface area contributed by atoms with Gasteiger partial charge in [-0.15, -0.1) is 0 Å². The van der Waals surface area contributed by atoms with E-state index in [9.17, 15) is 0 Å². The lowest BCUT2D eigenvalue weighted by Crippen LogP contribution is -2.20. The van der Waals surface area contributed by atoms with Gasteiger partial charge in [0.2, 0.25) is 17.8 Å². The third-order valence-electron chi connectivity index (χ3n) is 3.27. The maximum atomic E-state index is 4.42. The van der Waals surface area contributed by atoms with Crippen molar-refractivity contribution in [2.75, 3.05) is 17.7 Å². The molecule has 7 nitrogen and oxygen atoms in total. The van der Waals surface area contributed by atoms with E-state index < -0.39 is 0 Å². The van der Waals surface area contributed by atoms with Crippen LogP contribution in [0.2, 0.25) is 0 Å². The summed E-state index contributed by atoms with van der Waals surface area (Å²) in [6, 6.07) is 0.391. The Morgan fingerprint density at radius 1 is 1.26 bits per heavy atom. The summed E-state index contributed by atoms with van der Waals surface area (Å²) < 4.78 is 1.76. The van der Waals surface area contributed by atoms with Crippen LogP contribution in [0.5, 0.6) is 0 Å². The largest absolute Gasteiger partial charge is 0.357 e. The molecule has 0 bridgehead atoms. The highest BCUT2D eigenvalue weighted by Gasteiger charge is 2.28. The molecule has 1 fully saturated rings. The fraction of sp³-hybridized carbons (Fsp3) is 0.500. The van der Waals surface area contributed by atoms with E-state index in [0.717, 1.165) is 5.92 Å². The summed E-state index contributed by atoms with van der Waals surface area (Å²) in [7, 11) is 1.79. The Balaban J connectivity index is 1.88. The van der Waals surface area contributed by atoms with Crippen molar-refractivity contribution in [3.8, 4) is 5.95 Å². The van der Waals surface area contributed by atoms with E-state index in [-0.39, 0.29) is 0 Å². The third kappa shape index (κ3) is 2.64. The van der Waals surface area contributed by atoms with Gasteiger partial charge in [0.25, 0.3) is 0 Å². The van der Waals surface area contributed by atoms with Gasteiger partial charge in [0.1, 0.15) is 6.33 Å². The molecule has 3 rings (SSSR count). The molecule has 0 aliphatic heterocycles. The van der Waals surface area contributed by atoms with Crippen LogP contribution >= 0.6 is 0 Å². The molecule has 1 saturated carbocycles. The number of imidazole rings is 1. The van der Waals surface area contributed by atoms with Crippen LogP contribution in [0.25, 0.3) is 5.95 Å². The molecule has 0 aromatic carbocycles. The summed E-state index contributed by atoms with van der Waals surface area (Å²) in [5.74, 6) is 2.44. The number of nitrogens with one attached hydrogen (secondary N) is 2. The summed E-state index contributed by atoms with van der Waals surface area (Å²) in [4.78, 5) is 17.1. The fourth-order valence-corrected chi connectivity index (χ4v) is 1.95. The first-order valence-electron chi connectivity index (χ1n) is 6.45. The predicted octanol–water partition coefficient (Wildman–Crippen LogP) is 1.31. The van der Waals surface area contributed by atoms with Crippen LogP contribution in [-0.4, -0.2) is 37.6 Å². The minimum absolute atomic E-state index is 0.391. The normalized spacial score (nSPS) is 16.1. The van der Waals surface area contributed by atoms with Crippen LogP contribution in [0.1, 0.15) is 19.8 Å². The zero-order valence-electron chi connectivity index (χ0n) is 11.0. The molecule has 0 radical (unpaired) electrons. The first kappa shape index (κ1) is 11.9. The maximum Gasteiger partial charge on any atom is 0.241 e. The van der Waals surface area contributed by atoms with E-state index in [1.807, 2.05) is 6.20 Å². The molecule has 0 amide bonds. The highest BCUT2D eigenvalue weighted by molar-refractivity contribution is 5.38. The average Bonchev–Trinajstić information content (AvgIpc) is 3.13. The molecule has 1 atom stereocenters. The summed E-state index contributed by atoms with van der Waals surface area (Å²) in [5.41, 5.74) is 0. The second-order valence-electron chi connectivity index (χ2n) is 4.77. The molecule has 1 aliphatic carbocycles. The molecule has 0 spiro atoms. The molecule has 2 aromatic rings. The Labute approximate surface area is 111 Å². The molecule has 100 valence electrons. The van der Waals surface area contributed by atoms with Crippen LogP contribution in [0, 0.1) is 5.92 Å². The molecule has 2 aromatic heterocycles. The number of nitrogens with zero attached hydrogens (tertiary/aromatic N) is 5. The number of rotatable bonds is 5. The number of hydrogen-bond donors (Lipinski definition) is 2. The number of hydrogen-bond acceptors (Lipinski definition) is 6. The van der Waals surface area contributed by atoms with Crippen molar-refractivity contribution in [3.63, 3.8) is 0 Å². The van der Waals surface area contributed by atoms with E-state index in [0.29, 0.717) is 23.9 Å². The van der Waals surface area contributed by atoms with E-state index in [1.54, 1.807) is 24.1 Å². The first-order chi connectivity index (χ1) is 9.26. The van der Waals surface area contributed by atoms with Crippen molar-refractivity contribution >= 4 is 11.9 Å². The molecular weight excluding hydrogens is 242 g/mol. The second kappa shape index (κ2) is 4.83. The van der Waals surface area contributed by atoms with Crippen molar-refractivity contribution in [2.45, 2.75) is 25.8 Å². The van der Waals surface area contributed by atoms with Crippen molar-refractivity contribution in [1.82, 2.24) is 24.5 Å². The van der Waals surface area contributed by atoms with Gasteiger partial charge in [-0.05, 0) is 25.7 Å². The first-order valence-corrected chi connectivity index (χ1v) is 6.45. The Bertz CT molecular complexity index is 547. The van der Waals surface area contributed by atoms with Crippen LogP contribution in [0.3, 0.4) is 0 Å². The van der Waals surface area contributed by atoms with E-state index >= 15 is 0 Å². The lowest BCUT2D eigenvalue weighted by atomic mass is 10.2. The van der Waals surface area contributed by atoms with Gasteiger partial charge in [-0.25, -0.2) is 4.98 Å². The zero-order chi connectivity index (χ0) is 13.2. The summed E-state index contributed by atoms with van der Waals surface area (Å²) in [6.45, 7) is 2.16. The molecule has 2 N–H and O–H groups in total. The van der Waals surface area contributed by atoms with Crippen molar-refractivity contribution in [3.05, 3.63) is 18.7 Å². The summed E-state index contributed by atoms with van der Waals surface area (Å²) in [6.07, 6.45) is 7.74. The molecule has 2 heterocycles. The maximum absolute atomic E-state index is 4.42. The number of anilines is 2. The highest BCUT2D eigenvalue weighted by atomic mass is 15.3. The van der Waals surface area contributed by atoms with Crippen molar-refractivity contribution in [2.24, 2.45) is 5.92 Å². The monoisotopic (exact) mass is 259 g/mol. The van der Waals surface area contributed by atoms with E-state index in [4.69, 9.17) is 0 Å². The van der Waals surface area contributed by atoms with Crippen LogP contribution in [0.15, 0.2) is 18.7 Å². The third-order valence-corrected chi connectivity index (χ3v) is 3.27. The second-order valence-corrected chi connectivity index (χ2v) is 4.77. The van der Waals surface area contributed by atoms with Gasteiger partial charge in [-0.1, -0.05) is 0 Å². The quantitative estimate of drug-likeness (QED) is 0.842. The lowest BCUT2D eigenvalue weighted by molar-refractivity contribution is 0.684. The molecule has 0 saturated heterocycles. The SMILES string of the molecule is CNc1nc(NC(C)C2CC2)nc(-n2ccnc2)n1. The minimum atomic E-state index is 0.391. The molecule has 19 heavy (non-hydrogen) atoms. The van der Waals surface area contributed by atoms with Crippen LogP contribution in [0.4, 0.5) is 11.9 Å². The van der Waals surface area contributed by atoms with Gasteiger partial charge in [-0.3, -0.25) is 4.57 Å².